The van der Waals surface area contributed by atoms with E-state index in [1.165, 1.54) is 4.68 Å². The van der Waals surface area contributed by atoms with Gasteiger partial charge in [-0.25, -0.2) is 9.36 Å². The van der Waals surface area contributed by atoms with E-state index in [9.17, 15) is 14.7 Å². The number of ether oxygens (including phenoxy) is 3. The van der Waals surface area contributed by atoms with Gasteiger partial charge in [0.15, 0.2) is 0 Å². The van der Waals surface area contributed by atoms with Crippen LogP contribution in [0.25, 0.3) is 0 Å². The van der Waals surface area contributed by atoms with Crippen molar-refractivity contribution < 1.29 is 46.3 Å². The summed E-state index contributed by atoms with van der Waals surface area (Å²) < 4.78 is 19.6. The number of amides is 2. The fourth-order valence-corrected chi connectivity index (χ4v) is 6.78. The summed E-state index contributed by atoms with van der Waals surface area (Å²) >= 11 is 0. The first-order valence-corrected chi connectivity index (χ1v) is 20.9. The molecule has 2 aliphatic heterocycles. The van der Waals surface area contributed by atoms with Gasteiger partial charge >= 0.3 is 5.96 Å². The standard InChI is InChI=1S/C38H61N17O6.ClH/c1-4-20-59-22-24-61-25-23-60-21-10-42-36-43-37(52-15-11-50(12-16-52)32(57)28-54-26-31(8-19-56)46-48-54)45-38(44-36)53-17-13-51(14-18-53)34(58)33(29(3)5-2)55-27-30(47-49-55)7-6-9-41-35(39)40;/h1,26-27,29,33,56H,5-25,28H2,2-3H3,(H4,39,40,41)(H,42,43,44,45);1H/t29-,33-;/m0./s1. The highest BCUT2D eigenvalue weighted by Crippen LogP contribution is 2.25. The van der Waals surface area contributed by atoms with Gasteiger partial charge < -0.3 is 56.6 Å². The van der Waals surface area contributed by atoms with Crippen LogP contribution in [0.1, 0.15) is 44.1 Å². The zero-order valence-corrected chi connectivity index (χ0v) is 36.5. The van der Waals surface area contributed by atoms with Crippen molar-refractivity contribution in [2.24, 2.45) is 17.4 Å². The molecule has 3 aromatic heterocycles. The van der Waals surface area contributed by atoms with Crippen molar-refractivity contribution in [3.8, 4) is 12.3 Å². The van der Waals surface area contributed by atoms with Gasteiger partial charge in [-0.2, -0.15) is 15.0 Å². The highest BCUT2D eigenvalue weighted by atomic mass is 35.5. The van der Waals surface area contributed by atoms with Crippen LogP contribution < -0.4 is 44.0 Å². The molecule has 2 saturated heterocycles. The lowest BCUT2D eigenvalue weighted by molar-refractivity contribution is -0.459. The van der Waals surface area contributed by atoms with E-state index in [1.807, 2.05) is 16.0 Å². The number of aliphatic hydroxyl groups is 1. The third-order valence-electron chi connectivity index (χ3n) is 10.3. The number of piperazine rings is 2. The van der Waals surface area contributed by atoms with Gasteiger partial charge in [-0.05, 0) is 18.8 Å². The van der Waals surface area contributed by atoms with Crippen LogP contribution in [0.4, 0.5) is 17.8 Å². The van der Waals surface area contributed by atoms with Gasteiger partial charge in [-0.3, -0.25) is 26.0 Å². The minimum absolute atomic E-state index is 0. The molecule has 3 aromatic rings. The first-order chi connectivity index (χ1) is 29.7. The molecule has 2 fully saturated rings. The minimum atomic E-state index is -0.490. The predicted molar refractivity (Wildman–Crippen MR) is 224 cm³/mol. The third kappa shape index (κ3) is 15.2. The summed E-state index contributed by atoms with van der Waals surface area (Å²) in [6.07, 6.45) is 11.3. The van der Waals surface area contributed by atoms with Crippen LogP contribution in [-0.4, -0.2) is 189 Å². The average Bonchev–Trinajstić information content (AvgIpc) is 3.93. The predicted octanol–water partition coefficient (Wildman–Crippen LogP) is -6.74. The van der Waals surface area contributed by atoms with Crippen molar-refractivity contribution >= 4 is 35.6 Å². The van der Waals surface area contributed by atoms with Crippen molar-refractivity contribution in [2.45, 2.75) is 52.1 Å². The summed E-state index contributed by atoms with van der Waals surface area (Å²) in [5, 5.41) is 29.2. The summed E-state index contributed by atoms with van der Waals surface area (Å²) in [5.41, 5.74) is 12.4. The highest BCUT2D eigenvalue weighted by molar-refractivity contribution is 5.81. The van der Waals surface area contributed by atoms with Crippen molar-refractivity contribution in [2.75, 3.05) is 127 Å². The Morgan fingerprint density at radius 1 is 0.871 bits per heavy atom. The van der Waals surface area contributed by atoms with Gasteiger partial charge in [-0.1, -0.05) is 36.6 Å². The fourth-order valence-electron chi connectivity index (χ4n) is 6.78. The largest absolute Gasteiger partial charge is 1.00 e. The molecule has 0 unspecified atom stereocenters. The second-order valence-corrected chi connectivity index (χ2v) is 14.7. The van der Waals surface area contributed by atoms with Gasteiger partial charge in [0.25, 0.3) is 0 Å². The van der Waals surface area contributed by atoms with Crippen molar-refractivity contribution in [3.63, 3.8) is 0 Å². The van der Waals surface area contributed by atoms with E-state index in [0.717, 1.165) is 18.5 Å². The zero-order valence-electron chi connectivity index (χ0n) is 35.8. The van der Waals surface area contributed by atoms with E-state index in [1.54, 1.807) is 15.8 Å². The first-order valence-electron chi connectivity index (χ1n) is 20.9. The molecule has 2 atom stereocenters. The molecule has 2 aliphatic rings. The number of terminal acetylenes is 1. The second-order valence-electron chi connectivity index (χ2n) is 14.7. The lowest BCUT2D eigenvalue weighted by atomic mass is 9.97. The number of nitrogens with zero attached hydrogens (tertiary/aromatic N) is 13. The molecular weight excluding hydrogens is 826 g/mol. The van der Waals surface area contributed by atoms with Crippen molar-refractivity contribution in [1.29, 1.82) is 0 Å². The molecule has 23 nitrogen and oxygen atoms in total. The summed E-state index contributed by atoms with van der Waals surface area (Å²) in [4.78, 5) is 52.4. The van der Waals surface area contributed by atoms with Crippen LogP contribution in [0, 0.1) is 18.3 Å². The molecule has 0 spiro atoms. The Bertz CT molecular complexity index is 1870. The smallest absolute Gasteiger partial charge is 0.338 e. The number of hydrogen-bond acceptors (Lipinski definition) is 16. The van der Waals surface area contributed by atoms with Gasteiger partial charge in [0.2, 0.25) is 29.7 Å². The molecule has 342 valence electrons. The van der Waals surface area contributed by atoms with Crippen LogP contribution in [0.5, 0.6) is 0 Å². The molecule has 5 heterocycles. The van der Waals surface area contributed by atoms with Crippen LogP contribution in [-0.2, 0) is 43.2 Å². The maximum Gasteiger partial charge on any atom is 0.338 e. The van der Waals surface area contributed by atoms with Gasteiger partial charge in [0.05, 0.1) is 51.0 Å². The maximum atomic E-state index is 14.1. The second kappa shape index (κ2) is 26.2. The Morgan fingerprint density at radius 3 is 2.11 bits per heavy atom. The Balaban J connectivity index is 0.00000845. The third-order valence-corrected chi connectivity index (χ3v) is 10.3. The minimum Gasteiger partial charge on any atom is -1.00 e. The molecule has 5 rings (SSSR count). The number of anilines is 3. The van der Waals surface area contributed by atoms with Gasteiger partial charge in [0, 0.05) is 84.3 Å². The molecular formula is C38H62ClN17O6. The summed E-state index contributed by atoms with van der Waals surface area (Å²) in [7, 11) is 0. The van der Waals surface area contributed by atoms with Gasteiger partial charge in [0.1, 0.15) is 19.2 Å². The molecule has 0 aromatic carbocycles. The number of nitrogens with one attached hydrogen (secondary N) is 2. The number of nitrogens with two attached hydrogens (primary N) is 2. The number of aromatic nitrogens is 9. The topological polar surface area (TPSA) is 273 Å². The van der Waals surface area contributed by atoms with Gasteiger partial charge in [-0.15, -0.1) is 16.6 Å². The van der Waals surface area contributed by atoms with E-state index in [0.29, 0.717) is 135 Å². The Hall–Kier alpha value is -5.41. The molecule has 0 saturated carbocycles. The average molecular weight is 888 g/mol. The Kier molecular flexibility index (Phi) is 20.8. The summed E-state index contributed by atoms with van der Waals surface area (Å²) in [6, 6.07) is -0.490. The molecule has 0 bridgehead atoms. The Morgan fingerprint density at radius 2 is 1.48 bits per heavy atom. The molecule has 62 heavy (non-hydrogen) atoms. The number of aliphatic hydroxyl groups excluding tert-OH is 1. The summed E-state index contributed by atoms with van der Waals surface area (Å²) in [6.45, 7) is 11.5. The lowest BCUT2D eigenvalue weighted by Crippen LogP contribution is -3.00. The fraction of sp³-hybridized carbons (Fsp3) is 0.684. The molecule has 24 heteroatoms. The van der Waals surface area contributed by atoms with Crippen molar-refractivity contribution in [1.82, 2.24) is 54.7 Å². The number of guanidine groups is 1. The van der Waals surface area contributed by atoms with E-state index in [4.69, 9.17) is 47.1 Å². The number of carbonyl (C=O) groups excluding carboxylic acids is 2. The van der Waals surface area contributed by atoms with E-state index >= 15 is 0 Å². The van der Waals surface area contributed by atoms with E-state index in [-0.39, 0.29) is 55.9 Å². The molecule has 0 aliphatic carbocycles. The SMILES string of the molecule is C#CCOCCOCCOCCNc1nc(N2CCN(C(=O)Cn3cc(CCO)nn3)CC2)nc(N2CCN(C(=O)[C@H]([C@@H](C)CC)n3cc(CCC[NH+]=C(N)N)nn3)CC2)n1.[Cl-]. The molecule has 7 N–H and O–H groups in total. The number of carbonyl (C=O) groups is 2. The number of hydrogen-bond donors (Lipinski definition) is 5. The summed E-state index contributed by atoms with van der Waals surface area (Å²) in [5.74, 6) is 3.93. The van der Waals surface area contributed by atoms with Crippen LogP contribution in [0.2, 0.25) is 0 Å². The normalized spacial score (nSPS) is 15.1. The van der Waals surface area contributed by atoms with E-state index in [2.05, 4.69) is 55.6 Å². The quantitative estimate of drug-likeness (QED) is 0.0229. The van der Waals surface area contributed by atoms with Crippen molar-refractivity contribution in [3.05, 3.63) is 23.8 Å². The van der Waals surface area contributed by atoms with E-state index < -0.39 is 6.04 Å². The number of rotatable bonds is 25. The monoisotopic (exact) mass is 887 g/mol. The van der Waals surface area contributed by atoms with Crippen LogP contribution >= 0.6 is 0 Å². The Labute approximate surface area is 368 Å². The van der Waals surface area contributed by atoms with Crippen LogP contribution in [0.15, 0.2) is 12.4 Å². The molecule has 2 amide bonds. The highest BCUT2D eigenvalue weighted by Gasteiger charge is 2.34. The zero-order chi connectivity index (χ0) is 43.4. The molecule has 0 radical (unpaired) electrons. The number of halogens is 1. The first kappa shape index (κ1) is 49.2. The van der Waals surface area contributed by atoms with Crippen LogP contribution in [0.3, 0.4) is 0 Å². The number of aryl methyl sites for hydroxylation is 1. The maximum absolute atomic E-state index is 14.1. The lowest BCUT2D eigenvalue weighted by Gasteiger charge is -2.38.